The second-order valence-electron chi connectivity index (χ2n) is 6.37. The highest BCUT2D eigenvalue weighted by Gasteiger charge is 2.17. The highest BCUT2D eigenvalue weighted by molar-refractivity contribution is 7.07. The summed E-state index contributed by atoms with van der Waals surface area (Å²) in [6.07, 6.45) is 1.65. The molecule has 0 fully saturated rings. The van der Waals surface area contributed by atoms with Crippen LogP contribution in [-0.4, -0.2) is 25.9 Å². The summed E-state index contributed by atoms with van der Waals surface area (Å²) in [4.78, 5) is 13.4. The minimum atomic E-state index is -0.339. The summed E-state index contributed by atoms with van der Waals surface area (Å²) in [5.74, 6) is 1.30. The molecule has 0 saturated heterocycles. The van der Waals surface area contributed by atoms with Gasteiger partial charge in [0.05, 0.1) is 31.5 Å². The normalized spacial score (nSPS) is 10.8. The average Bonchev–Trinajstić information content (AvgIpc) is 3.10. The van der Waals surface area contributed by atoms with Crippen molar-refractivity contribution in [2.75, 3.05) is 21.3 Å². The molecule has 31 heavy (non-hydrogen) atoms. The Morgan fingerprint density at radius 2 is 1.68 bits per heavy atom. The Morgan fingerprint density at radius 3 is 2.26 bits per heavy atom. The van der Waals surface area contributed by atoms with Gasteiger partial charge in [0.2, 0.25) is 5.75 Å². The zero-order valence-electron chi connectivity index (χ0n) is 17.4. The Bertz CT molecular complexity index is 1390. The van der Waals surface area contributed by atoms with Gasteiger partial charge in [0.25, 0.3) is 5.56 Å². The third-order valence-corrected chi connectivity index (χ3v) is 5.73. The Balaban J connectivity index is 2.43. The first kappa shape index (κ1) is 21.7. The molecule has 2 aromatic carbocycles. The van der Waals surface area contributed by atoms with Gasteiger partial charge in [-0.25, -0.2) is 0 Å². The highest BCUT2D eigenvalue weighted by Crippen LogP contribution is 2.39. The summed E-state index contributed by atoms with van der Waals surface area (Å²) in [7, 11) is 4.52. The van der Waals surface area contributed by atoms with Crippen LogP contribution in [0.25, 0.3) is 17.3 Å². The lowest BCUT2D eigenvalue weighted by Gasteiger charge is -2.13. The molecule has 1 aromatic heterocycles. The van der Waals surface area contributed by atoms with Crippen LogP contribution >= 0.6 is 11.3 Å². The minimum Gasteiger partial charge on any atom is -0.493 e. The van der Waals surface area contributed by atoms with Crippen molar-refractivity contribution >= 4 is 23.0 Å². The quantitative estimate of drug-likeness (QED) is 0.612. The summed E-state index contributed by atoms with van der Waals surface area (Å²) >= 11 is 1.07. The molecule has 7 nitrogen and oxygen atoms in total. The predicted molar refractivity (Wildman–Crippen MR) is 118 cm³/mol. The molecule has 0 aliphatic carbocycles. The standard InChI is InChI=1S/C23H19N3O4S/c1-14-7-5-6-8-17(14)26-22(27)19(31-23(26)16(12-24)13-25)11-15-9-10-18(28-2)21(30-4)20(15)29-3/h5-11H,1-4H3/b19-11-. The highest BCUT2D eigenvalue weighted by atomic mass is 32.1. The maximum Gasteiger partial charge on any atom is 0.273 e. The number of thiazole rings is 1. The number of benzene rings is 2. The van der Waals surface area contributed by atoms with Crippen LogP contribution in [0.1, 0.15) is 11.1 Å². The van der Waals surface area contributed by atoms with Crippen molar-refractivity contribution < 1.29 is 14.2 Å². The fourth-order valence-electron chi connectivity index (χ4n) is 3.18. The van der Waals surface area contributed by atoms with E-state index in [-0.39, 0.29) is 15.8 Å². The van der Waals surface area contributed by atoms with Gasteiger partial charge < -0.3 is 14.2 Å². The van der Waals surface area contributed by atoms with Gasteiger partial charge >= 0.3 is 0 Å². The fraction of sp³-hybridized carbons (Fsp3) is 0.174. The molecule has 0 radical (unpaired) electrons. The van der Waals surface area contributed by atoms with Crippen molar-refractivity contribution in [3.05, 3.63) is 67.1 Å². The van der Waals surface area contributed by atoms with Gasteiger partial charge in [-0.05, 0) is 36.8 Å². The number of ether oxygens (including phenoxy) is 3. The second-order valence-corrected chi connectivity index (χ2v) is 7.40. The van der Waals surface area contributed by atoms with Gasteiger partial charge in [0.15, 0.2) is 17.1 Å². The third kappa shape index (κ3) is 3.89. The van der Waals surface area contributed by atoms with Crippen LogP contribution in [0.15, 0.2) is 41.2 Å². The predicted octanol–water partition coefficient (Wildman–Crippen LogP) is 2.26. The molecule has 0 N–H and O–H groups in total. The van der Waals surface area contributed by atoms with Gasteiger partial charge in [-0.2, -0.15) is 10.5 Å². The van der Waals surface area contributed by atoms with E-state index in [9.17, 15) is 15.3 Å². The minimum absolute atomic E-state index is 0.135. The van der Waals surface area contributed by atoms with Crippen molar-refractivity contribution in [1.82, 2.24) is 4.57 Å². The number of rotatable bonds is 5. The number of methoxy groups -OCH3 is 3. The van der Waals surface area contributed by atoms with E-state index in [0.29, 0.717) is 33.0 Å². The Kier molecular flexibility index (Phi) is 6.44. The molecule has 3 aromatic rings. The molecule has 0 amide bonds. The van der Waals surface area contributed by atoms with E-state index in [4.69, 9.17) is 14.2 Å². The van der Waals surface area contributed by atoms with Crippen LogP contribution in [0.3, 0.4) is 0 Å². The number of aromatic nitrogens is 1. The molecular formula is C23H19N3O4S. The lowest BCUT2D eigenvalue weighted by molar-refractivity contribution is 0.324. The molecule has 8 heteroatoms. The van der Waals surface area contributed by atoms with Gasteiger partial charge in [0.1, 0.15) is 16.8 Å². The maximum atomic E-state index is 13.4. The molecule has 0 unspecified atom stereocenters. The van der Waals surface area contributed by atoms with Gasteiger partial charge in [0, 0.05) is 5.56 Å². The number of nitrogens with zero attached hydrogens (tertiary/aromatic N) is 3. The van der Waals surface area contributed by atoms with Crippen molar-refractivity contribution in [2.24, 2.45) is 0 Å². The third-order valence-electron chi connectivity index (χ3n) is 4.64. The Morgan fingerprint density at radius 1 is 1.00 bits per heavy atom. The van der Waals surface area contributed by atoms with E-state index in [1.165, 1.54) is 25.9 Å². The monoisotopic (exact) mass is 433 g/mol. The number of para-hydroxylation sites is 1. The first-order valence-corrected chi connectivity index (χ1v) is 9.95. The Hall–Kier alpha value is -4.01. The summed E-state index contributed by atoms with van der Waals surface area (Å²) in [5, 5.41) is 18.9. The van der Waals surface area contributed by atoms with Crippen LogP contribution in [0.4, 0.5) is 0 Å². The van der Waals surface area contributed by atoms with Crippen molar-refractivity contribution in [3.63, 3.8) is 0 Å². The van der Waals surface area contributed by atoms with E-state index >= 15 is 0 Å². The van der Waals surface area contributed by atoms with E-state index in [1.54, 1.807) is 30.3 Å². The van der Waals surface area contributed by atoms with Crippen LogP contribution in [0.5, 0.6) is 17.2 Å². The smallest absolute Gasteiger partial charge is 0.273 e. The molecule has 0 atom stereocenters. The zero-order chi connectivity index (χ0) is 22.5. The molecule has 0 bridgehead atoms. The number of hydrogen-bond acceptors (Lipinski definition) is 7. The van der Waals surface area contributed by atoms with Gasteiger partial charge in [-0.15, -0.1) is 11.3 Å². The average molecular weight is 433 g/mol. The topological polar surface area (TPSA) is 97.3 Å². The molecule has 1 heterocycles. The number of nitriles is 2. The number of hydrogen-bond donors (Lipinski definition) is 0. The second kappa shape index (κ2) is 9.21. The van der Waals surface area contributed by atoms with E-state index < -0.39 is 0 Å². The maximum absolute atomic E-state index is 13.4. The van der Waals surface area contributed by atoms with E-state index in [0.717, 1.165) is 16.9 Å². The van der Waals surface area contributed by atoms with E-state index in [2.05, 4.69) is 0 Å². The molecule has 0 aliphatic heterocycles. The summed E-state index contributed by atoms with van der Waals surface area (Å²) in [6.45, 7) is 1.86. The summed E-state index contributed by atoms with van der Waals surface area (Å²) in [5.41, 5.74) is 1.57. The molecular weight excluding hydrogens is 414 g/mol. The largest absolute Gasteiger partial charge is 0.493 e. The Labute approximate surface area is 182 Å². The fourth-order valence-corrected chi connectivity index (χ4v) is 4.22. The lowest BCUT2D eigenvalue weighted by Crippen LogP contribution is -2.31. The first-order chi connectivity index (χ1) is 15.0. The van der Waals surface area contributed by atoms with Gasteiger partial charge in [-0.3, -0.25) is 9.36 Å². The molecule has 3 rings (SSSR count). The van der Waals surface area contributed by atoms with Crippen LogP contribution in [-0.2, 0) is 0 Å². The van der Waals surface area contributed by atoms with Crippen LogP contribution in [0, 0.1) is 29.6 Å². The van der Waals surface area contributed by atoms with Crippen LogP contribution < -0.4 is 29.0 Å². The molecule has 156 valence electrons. The van der Waals surface area contributed by atoms with E-state index in [1.807, 2.05) is 31.2 Å². The van der Waals surface area contributed by atoms with Crippen molar-refractivity contribution in [3.8, 4) is 35.1 Å². The first-order valence-electron chi connectivity index (χ1n) is 9.13. The summed E-state index contributed by atoms with van der Waals surface area (Å²) < 4.78 is 18.2. The molecule has 0 spiro atoms. The lowest BCUT2D eigenvalue weighted by atomic mass is 10.1. The van der Waals surface area contributed by atoms with Crippen LogP contribution in [0.2, 0.25) is 0 Å². The molecule has 0 aliphatic rings. The van der Waals surface area contributed by atoms with Crippen molar-refractivity contribution in [1.29, 1.82) is 10.5 Å². The van der Waals surface area contributed by atoms with Crippen molar-refractivity contribution in [2.45, 2.75) is 6.92 Å². The number of aryl methyl sites for hydroxylation is 1. The summed E-state index contributed by atoms with van der Waals surface area (Å²) in [6, 6.07) is 14.5. The SMILES string of the molecule is COc1ccc(/C=c2\sc(=C(C#N)C#N)n(-c3ccccc3C)c2=O)c(OC)c1OC. The van der Waals surface area contributed by atoms with Gasteiger partial charge in [-0.1, -0.05) is 18.2 Å². The molecule has 0 saturated carbocycles. The zero-order valence-corrected chi connectivity index (χ0v) is 18.2.